The molecular weight excluding hydrogens is 406 g/mol. The average Bonchev–Trinajstić information content (AvgIpc) is 3.30. The van der Waals surface area contributed by atoms with Gasteiger partial charge in [0.05, 0.1) is 17.8 Å². The molecule has 3 amide bonds. The fourth-order valence-corrected chi connectivity index (χ4v) is 3.79. The van der Waals surface area contributed by atoms with Gasteiger partial charge in [-0.2, -0.15) is 5.10 Å². The number of carbonyl (C=O) groups is 3. The lowest BCUT2D eigenvalue weighted by molar-refractivity contribution is -0.127. The van der Waals surface area contributed by atoms with E-state index in [1.54, 1.807) is 24.8 Å². The van der Waals surface area contributed by atoms with Gasteiger partial charge in [-0.25, -0.2) is 0 Å². The number of amides is 3. The van der Waals surface area contributed by atoms with Crippen LogP contribution in [0.25, 0.3) is 22.0 Å². The third kappa shape index (κ3) is 3.56. The van der Waals surface area contributed by atoms with Crippen molar-refractivity contribution in [1.82, 2.24) is 24.9 Å². The topological polar surface area (TPSA) is 87.5 Å². The third-order valence-electron chi connectivity index (χ3n) is 5.41. The van der Waals surface area contributed by atoms with Crippen molar-refractivity contribution in [3.63, 3.8) is 0 Å². The number of likely N-dealkylation sites (N-methyl/N-ethyl adjacent to an activating group) is 1. The molecule has 3 aromatic rings. The summed E-state index contributed by atoms with van der Waals surface area (Å²) in [6, 6.07) is 11.5. The molecule has 0 fully saturated rings. The molecule has 8 nitrogen and oxygen atoms in total. The Morgan fingerprint density at radius 1 is 1.12 bits per heavy atom. The van der Waals surface area contributed by atoms with Crippen molar-refractivity contribution in [1.29, 1.82) is 0 Å². The molecule has 162 valence electrons. The highest BCUT2D eigenvalue weighted by Gasteiger charge is 2.33. The van der Waals surface area contributed by atoms with Crippen LogP contribution in [0.3, 0.4) is 0 Å². The van der Waals surface area contributed by atoms with Crippen molar-refractivity contribution >= 4 is 28.6 Å². The van der Waals surface area contributed by atoms with E-state index < -0.39 is 11.8 Å². The number of fused-ring (bicyclic) bond motifs is 2. The summed E-state index contributed by atoms with van der Waals surface area (Å²) in [5.74, 6) is -1.39. The van der Waals surface area contributed by atoms with Gasteiger partial charge in [0.15, 0.2) is 0 Å². The summed E-state index contributed by atoms with van der Waals surface area (Å²) >= 11 is 0. The first-order chi connectivity index (χ1) is 15.2. The Balaban J connectivity index is 1.61. The Bertz CT molecular complexity index is 1320. The van der Waals surface area contributed by atoms with Crippen molar-refractivity contribution in [2.45, 2.75) is 6.54 Å². The van der Waals surface area contributed by atoms with Gasteiger partial charge in [0.25, 0.3) is 17.7 Å². The summed E-state index contributed by atoms with van der Waals surface area (Å²) < 4.78 is 1.76. The number of nitrogens with zero attached hydrogens (tertiary/aromatic N) is 4. The molecule has 0 bridgehead atoms. The first-order valence-electron chi connectivity index (χ1n) is 9.95. The predicted molar refractivity (Wildman–Crippen MR) is 121 cm³/mol. The van der Waals surface area contributed by atoms with Crippen molar-refractivity contribution in [3.05, 3.63) is 78.3 Å². The van der Waals surface area contributed by atoms with Gasteiger partial charge in [-0.1, -0.05) is 31.4 Å². The maximum atomic E-state index is 13.0. The van der Waals surface area contributed by atoms with E-state index in [-0.39, 0.29) is 23.8 Å². The zero-order valence-corrected chi connectivity index (χ0v) is 18.2. The minimum Gasteiger partial charge on any atom is -0.344 e. The fraction of sp³-hybridized carbons (Fsp3) is 0.167. The minimum atomic E-state index is -0.648. The maximum Gasteiger partial charge on any atom is 0.271 e. The first-order valence-corrected chi connectivity index (χ1v) is 9.95. The summed E-state index contributed by atoms with van der Waals surface area (Å²) in [6.07, 6.45) is 1.94. The lowest BCUT2D eigenvalue weighted by atomic mass is 9.96. The van der Waals surface area contributed by atoms with Crippen LogP contribution in [0.2, 0.25) is 0 Å². The van der Waals surface area contributed by atoms with Crippen LogP contribution >= 0.6 is 0 Å². The molecule has 32 heavy (non-hydrogen) atoms. The number of benzene rings is 2. The number of aromatic nitrogens is 2. The summed E-state index contributed by atoms with van der Waals surface area (Å²) in [7, 11) is 4.98. The molecule has 4 rings (SSSR count). The zero-order valence-electron chi connectivity index (χ0n) is 18.2. The molecule has 0 radical (unpaired) electrons. The SMILES string of the molecule is C=C(NC(=O)C(=C)N1Cc2c(cccc2-c2ccc3nn(C)cc3c2)C1=O)C(=O)N(C)C. The van der Waals surface area contributed by atoms with Gasteiger partial charge in [-0.3, -0.25) is 24.0 Å². The molecule has 0 saturated carbocycles. The molecular formula is C24H23N5O3. The van der Waals surface area contributed by atoms with Crippen LogP contribution in [-0.2, 0) is 23.2 Å². The molecule has 2 aromatic carbocycles. The van der Waals surface area contributed by atoms with Crippen LogP contribution < -0.4 is 5.32 Å². The average molecular weight is 429 g/mol. The summed E-state index contributed by atoms with van der Waals surface area (Å²) in [6.45, 7) is 7.58. The molecule has 0 atom stereocenters. The van der Waals surface area contributed by atoms with E-state index in [9.17, 15) is 14.4 Å². The minimum absolute atomic E-state index is 0.0485. The number of rotatable bonds is 5. The van der Waals surface area contributed by atoms with Crippen molar-refractivity contribution < 1.29 is 14.4 Å². The molecule has 1 N–H and O–H groups in total. The van der Waals surface area contributed by atoms with Gasteiger partial charge in [0, 0.05) is 38.3 Å². The standard InChI is InChI=1S/C24H23N5O3/c1-14(23(31)27(3)4)25-22(30)15(2)29-13-20-18(7-6-8-19(20)24(29)32)16-9-10-21-17(11-16)12-28(5)26-21/h6-12H,1-2,13H2,3-5H3,(H,25,30). The number of aryl methyl sites for hydroxylation is 1. The lowest BCUT2D eigenvalue weighted by Crippen LogP contribution is -2.38. The highest BCUT2D eigenvalue weighted by atomic mass is 16.2. The Morgan fingerprint density at radius 3 is 2.56 bits per heavy atom. The van der Waals surface area contributed by atoms with Gasteiger partial charge < -0.3 is 10.2 Å². The maximum absolute atomic E-state index is 13.0. The lowest BCUT2D eigenvalue weighted by Gasteiger charge is -2.19. The Labute approximate surface area is 185 Å². The molecule has 8 heteroatoms. The first kappa shape index (κ1) is 21.0. The van der Waals surface area contributed by atoms with Crippen molar-refractivity contribution in [2.24, 2.45) is 7.05 Å². The molecule has 1 aliphatic heterocycles. The van der Waals surface area contributed by atoms with E-state index in [1.165, 1.54) is 9.80 Å². The number of hydrogen-bond acceptors (Lipinski definition) is 4. The molecule has 0 unspecified atom stereocenters. The molecule has 1 aliphatic rings. The molecule has 0 aliphatic carbocycles. The summed E-state index contributed by atoms with van der Waals surface area (Å²) in [4.78, 5) is 40.2. The zero-order chi connectivity index (χ0) is 23.2. The number of carbonyl (C=O) groups excluding carboxylic acids is 3. The van der Waals surface area contributed by atoms with E-state index >= 15 is 0 Å². The largest absolute Gasteiger partial charge is 0.344 e. The van der Waals surface area contributed by atoms with Crippen LogP contribution in [0.5, 0.6) is 0 Å². The Hall–Kier alpha value is -4.20. The van der Waals surface area contributed by atoms with Crippen molar-refractivity contribution in [2.75, 3.05) is 14.1 Å². The fourth-order valence-electron chi connectivity index (χ4n) is 3.79. The van der Waals surface area contributed by atoms with Crippen LogP contribution in [-0.4, -0.2) is 51.4 Å². The number of nitrogens with one attached hydrogen (secondary N) is 1. The highest BCUT2D eigenvalue weighted by molar-refractivity contribution is 6.08. The van der Waals surface area contributed by atoms with Crippen LogP contribution in [0.15, 0.2) is 67.1 Å². The smallest absolute Gasteiger partial charge is 0.271 e. The van der Waals surface area contributed by atoms with Gasteiger partial charge >= 0.3 is 0 Å². The van der Waals surface area contributed by atoms with Gasteiger partial charge in [-0.05, 0) is 34.9 Å². The number of hydrogen-bond donors (Lipinski definition) is 1. The second kappa shape index (κ2) is 7.81. The summed E-state index contributed by atoms with van der Waals surface area (Å²) in [5.41, 5.74) is 3.95. The van der Waals surface area contributed by atoms with Crippen LogP contribution in [0.4, 0.5) is 0 Å². The van der Waals surface area contributed by atoms with E-state index in [0.29, 0.717) is 5.56 Å². The Kier molecular flexibility index (Phi) is 5.14. The van der Waals surface area contributed by atoms with E-state index in [2.05, 4.69) is 23.6 Å². The summed E-state index contributed by atoms with van der Waals surface area (Å²) in [5, 5.41) is 7.82. The third-order valence-corrected chi connectivity index (χ3v) is 5.41. The molecule has 2 heterocycles. The van der Waals surface area contributed by atoms with Gasteiger partial charge in [0.2, 0.25) is 0 Å². The second-order valence-corrected chi connectivity index (χ2v) is 7.88. The molecule has 0 saturated heterocycles. The van der Waals surface area contributed by atoms with E-state index in [0.717, 1.165) is 27.6 Å². The van der Waals surface area contributed by atoms with Crippen LogP contribution in [0.1, 0.15) is 15.9 Å². The predicted octanol–water partition coefficient (Wildman–Crippen LogP) is 2.43. The second-order valence-electron chi connectivity index (χ2n) is 7.88. The quantitative estimate of drug-likeness (QED) is 0.631. The van der Waals surface area contributed by atoms with Gasteiger partial charge in [0.1, 0.15) is 5.70 Å². The monoisotopic (exact) mass is 429 g/mol. The highest BCUT2D eigenvalue weighted by Crippen LogP contribution is 2.35. The van der Waals surface area contributed by atoms with E-state index in [1.807, 2.05) is 43.6 Å². The Morgan fingerprint density at radius 2 is 1.84 bits per heavy atom. The van der Waals surface area contributed by atoms with Crippen molar-refractivity contribution in [3.8, 4) is 11.1 Å². The van der Waals surface area contributed by atoms with Gasteiger partial charge in [-0.15, -0.1) is 0 Å². The normalized spacial score (nSPS) is 12.6. The van der Waals surface area contributed by atoms with Crippen LogP contribution in [0, 0.1) is 0 Å². The molecule has 0 spiro atoms. The van der Waals surface area contributed by atoms with E-state index in [4.69, 9.17) is 0 Å². The molecule has 1 aromatic heterocycles.